The highest BCUT2D eigenvalue weighted by atomic mass is 16.6. The van der Waals surface area contributed by atoms with Gasteiger partial charge in [0.15, 0.2) is 6.19 Å². The van der Waals surface area contributed by atoms with Crippen LogP contribution in [0.2, 0.25) is 0 Å². The van der Waals surface area contributed by atoms with Crippen LogP contribution in [0.3, 0.4) is 0 Å². The highest BCUT2D eigenvalue weighted by Crippen LogP contribution is 2.75. The molecule has 5 aliphatic rings. The number of aliphatic imine (C=N–C) groups is 1. The predicted octanol–water partition coefficient (Wildman–Crippen LogP) is 6.32. The van der Waals surface area contributed by atoms with Crippen molar-refractivity contribution in [1.29, 1.82) is 5.26 Å². The number of carbonyl (C=O) groups excluding carboxylic acids is 1. The molecule has 11 atom stereocenters. The van der Waals surface area contributed by atoms with E-state index in [0.29, 0.717) is 44.7 Å². The van der Waals surface area contributed by atoms with Crippen LogP contribution >= 0.6 is 0 Å². The number of ether oxygens (including phenoxy) is 3. The number of carboxylic acid groups (broad SMARTS) is 1. The highest BCUT2D eigenvalue weighted by Gasteiger charge is 2.72. The van der Waals surface area contributed by atoms with Gasteiger partial charge >= 0.3 is 11.9 Å². The van der Waals surface area contributed by atoms with E-state index in [2.05, 4.69) is 70.2 Å². The number of fused-ring (bicyclic) bond motifs is 3. The van der Waals surface area contributed by atoms with Gasteiger partial charge in [0.1, 0.15) is 12.2 Å². The van der Waals surface area contributed by atoms with E-state index in [1.165, 1.54) is 12.5 Å². The van der Waals surface area contributed by atoms with Gasteiger partial charge in [0.05, 0.1) is 32.3 Å². The van der Waals surface area contributed by atoms with Crippen molar-refractivity contribution < 1.29 is 28.9 Å². The number of nitrogens with zero attached hydrogens (tertiary/aromatic N) is 2. The topological polar surface area (TPSA) is 142 Å². The van der Waals surface area contributed by atoms with Gasteiger partial charge in [-0.15, -0.1) is 0 Å². The molecule has 0 aromatic heterocycles. The molecule has 0 aromatic rings. The quantitative estimate of drug-likeness (QED) is 0.0485. The van der Waals surface area contributed by atoms with Crippen molar-refractivity contribution >= 4 is 17.9 Å². The third-order valence-electron chi connectivity index (χ3n) is 14.6. The Morgan fingerprint density at radius 2 is 1.82 bits per heavy atom. The normalized spacial score (nSPS) is 42.1. The first-order chi connectivity index (χ1) is 22.9. The maximum Gasteiger partial charge on any atom is 0.307 e. The Morgan fingerprint density at radius 1 is 1.10 bits per heavy atom. The molecule has 274 valence electrons. The second kappa shape index (κ2) is 13.5. The molecular weight excluding hydrogens is 620 g/mol. The van der Waals surface area contributed by atoms with E-state index in [1.54, 1.807) is 0 Å². The van der Waals surface area contributed by atoms with E-state index in [9.17, 15) is 14.7 Å². The summed E-state index contributed by atoms with van der Waals surface area (Å²) in [6, 6.07) is 0.111. The van der Waals surface area contributed by atoms with Crippen LogP contribution in [0.4, 0.5) is 0 Å². The SMILES string of the molecule is CC(=O)O[C@@H]1C[C@@]23COCC(C)(C2CC[C@H]2C3=CC[C@@]3(C)[C@H](C(=O)O)[C@@](C)([C@H](C)C(C)C)CC[C@]23C)[C@H]1OCCN=C(NC#N)NC(C)C. The average molecular weight is 683 g/mol. The first kappa shape index (κ1) is 37.6. The summed E-state index contributed by atoms with van der Waals surface area (Å²) < 4.78 is 19.3. The van der Waals surface area contributed by atoms with E-state index in [4.69, 9.17) is 19.5 Å². The zero-order chi connectivity index (χ0) is 36.2. The zero-order valence-electron chi connectivity index (χ0n) is 31.7. The summed E-state index contributed by atoms with van der Waals surface area (Å²) in [7, 11) is 0. The van der Waals surface area contributed by atoms with Crippen LogP contribution in [-0.2, 0) is 23.8 Å². The molecule has 10 heteroatoms. The first-order valence-corrected chi connectivity index (χ1v) is 18.7. The molecule has 1 heterocycles. The molecular formula is C39H62N4O6. The fourth-order valence-corrected chi connectivity index (χ4v) is 12.0. The van der Waals surface area contributed by atoms with Gasteiger partial charge in [-0.05, 0) is 92.3 Å². The molecule has 49 heavy (non-hydrogen) atoms. The van der Waals surface area contributed by atoms with Crippen molar-refractivity contribution in [3.8, 4) is 6.19 Å². The third-order valence-corrected chi connectivity index (χ3v) is 14.6. The van der Waals surface area contributed by atoms with Gasteiger partial charge in [0.25, 0.3) is 0 Å². The number of nitrogens with one attached hydrogen (secondary N) is 2. The molecule has 2 unspecified atom stereocenters. The molecule has 4 fully saturated rings. The van der Waals surface area contributed by atoms with E-state index < -0.39 is 28.8 Å². The van der Waals surface area contributed by atoms with Crippen LogP contribution in [0, 0.1) is 68.1 Å². The number of allylic oxidation sites excluding steroid dienone is 1. The van der Waals surface area contributed by atoms with Gasteiger partial charge in [-0.2, -0.15) is 5.26 Å². The summed E-state index contributed by atoms with van der Waals surface area (Å²) in [5, 5.41) is 25.9. The van der Waals surface area contributed by atoms with Crippen LogP contribution in [0.15, 0.2) is 16.6 Å². The van der Waals surface area contributed by atoms with E-state index in [-0.39, 0.29) is 52.1 Å². The second-order valence-corrected chi connectivity index (χ2v) is 17.8. The monoisotopic (exact) mass is 682 g/mol. The Labute approximate surface area is 294 Å². The number of esters is 1. The molecule has 1 saturated heterocycles. The van der Waals surface area contributed by atoms with Crippen molar-refractivity contribution in [2.75, 3.05) is 26.4 Å². The molecule has 3 N–H and O–H groups in total. The largest absolute Gasteiger partial charge is 0.481 e. The standard InChI is InChI=1S/C39H62N4O6/c1-23(2)25(5)35(7)15-16-37(9)27-11-12-30-36(8)20-47-21-39(30,28(27)13-14-38(37,10)31(35)33(45)46)19-29(49-26(6)44)32(36)48-18-17-41-34(42-22-40)43-24(3)4/h13,23-25,27,29-32H,11-12,14-21H2,1-10H3,(H,45,46)(H2,41,42,43)/t25-,27+,29-,30?,31-,32+,35-,36?,37-,38+,39+/m1/s1. The molecule has 0 spiro atoms. The minimum atomic E-state index is -0.659. The minimum Gasteiger partial charge on any atom is -0.481 e. The van der Waals surface area contributed by atoms with Crippen LogP contribution < -0.4 is 10.6 Å². The van der Waals surface area contributed by atoms with Crippen molar-refractivity contribution in [2.45, 2.75) is 126 Å². The van der Waals surface area contributed by atoms with Gasteiger partial charge in [0, 0.05) is 23.8 Å². The van der Waals surface area contributed by atoms with E-state index in [0.717, 1.165) is 32.1 Å². The molecule has 0 aromatic carbocycles. The Morgan fingerprint density at radius 3 is 2.43 bits per heavy atom. The molecule has 0 amide bonds. The Kier molecular flexibility index (Phi) is 10.4. The predicted molar refractivity (Wildman–Crippen MR) is 188 cm³/mol. The van der Waals surface area contributed by atoms with Crippen molar-refractivity contribution in [3.63, 3.8) is 0 Å². The summed E-state index contributed by atoms with van der Waals surface area (Å²) in [6.07, 6.45) is 8.75. The molecule has 0 radical (unpaired) electrons. The zero-order valence-corrected chi connectivity index (χ0v) is 31.7. The van der Waals surface area contributed by atoms with Crippen LogP contribution in [0.25, 0.3) is 0 Å². The maximum absolute atomic E-state index is 13.4. The summed E-state index contributed by atoms with van der Waals surface area (Å²) in [6.45, 7) is 23.0. The number of hydrogen-bond donors (Lipinski definition) is 3. The molecule has 2 bridgehead atoms. The lowest BCUT2D eigenvalue weighted by Crippen LogP contribution is -2.70. The highest BCUT2D eigenvalue weighted by molar-refractivity contribution is 5.81. The lowest BCUT2D eigenvalue weighted by Gasteiger charge is -2.71. The molecule has 10 nitrogen and oxygen atoms in total. The van der Waals surface area contributed by atoms with Crippen LogP contribution in [0.5, 0.6) is 0 Å². The Bertz CT molecular complexity index is 1390. The van der Waals surface area contributed by atoms with Crippen LogP contribution in [0.1, 0.15) is 108 Å². The van der Waals surface area contributed by atoms with Gasteiger partial charge in [-0.1, -0.05) is 60.1 Å². The smallest absolute Gasteiger partial charge is 0.307 e. The summed E-state index contributed by atoms with van der Waals surface area (Å²) in [5.74, 6) is 0.166. The fourth-order valence-electron chi connectivity index (χ4n) is 12.0. The molecule has 4 aliphatic carbocycles. The van der Waals surface area contributed by atoms with Gasteiger partial charge in [0.2, 0.25) is 5.96 Å². The van der Waals surface area contributed by atoms with Gasteiger partial charge < -0.3 is 24.6 Å². The van der Waals surface area contributed by atoms with Gasteiger partial charge in [-0.3, -0.25) is 19.9 Å². The summed E-state index contributed by atoms with van der Waals surface area (Å²) >= 11 is 0. The number of hydrogen-bond acceptors (Lipinski definition) is 7. The summed E-state index contributed by atoms with van der Waals surface area (Å²) in [4.78, 5) is 30.5. The number of aliphatic carboxylic acids is 1. The lowest BCUT2D eigenvalue weighted by molar-refractivity contribution is -0.266. The number of guanidine groups is 1. The fraction of sp³-hybridized carbons (Fsp3) is 0.846. The van der Waals surface area contributed by atoms with Crippen molar-refractivity contribution in [2.24, 2.45) is 61.7 Å². The number of rotatable bonds is 9. The summed E-state index contributed by atoms with van der Waals surface area (Å²) in [5.41, 5.74) is -0.187. The molecule has 1 aliphatic heterocycles. The first-order valence-electron chi connectivity index (χ1n) is 18.7. The van der Waals surface area contributed by atoms with Crippen molar-refractivity contribution in [1.82, 2.24) is 10.6 Å². The average Bonchev–Trinajstić information content (AvgIpc) is 2.99. The van der Waals surface area contributed by atoms with Gasteiger partial charge in [-0.25, -0.2) is 0 Å². The number of carbonyl (C=O) groups is 2. The lowest BCUT2D eigenvalue weighted by atomic mass is 9.34. The minimum absolute atomic E-state index is 0.111. The molecule has 5 rings (SSSR count). The second-order valence-electron chi connectivity index (χ2n) is 17.8. The van der Waals surface area contributed by atoms with E-state index >= 15 is 0 Å². The Hall–Kier alpha value is -2.64. The van der Waals surface area contributed by atoms with E-state index in [1.807, 2.05) is 20.0 Å². The molecule has 3 saturated carbocycles. The Balaban J connectivity index is 1.49. The number of carboxylic acids is 1. The third kappa shape index (κ3) is 5.99. The number of nitriles is 1. The van der Waals surface area contributed by atoms with Crippen molar-refractivity contribution in [3.05, 3.63) is 11.6 Å². The maximum atomic E-state index is 13.4. The van der Waals surface area contributed by atoms with Crippen LogP contribution in [-0.4, -0.2) is 67.6 Å².